The van der Waals surface area contributed by atoms with Crippen molar-refractivity contribution < 1.29 is 0 Å². The number of rotatable bonds is 0. The summed E-state index contributed by atoms with van der Waals surface area (Å²) in [5.41, 5.74) is 0. The van der Waals surface area contributed by atoms with E-state index in [0.29, 0.717) is 0 Å². The summed E-state index contributed by atoms with van der Waals surface area (Å²) in [6, 6.07) is 15.1. The van der Waals surface area contributed by atoms with E-state index in [1.165, 1.54) is 38.8 Å². The van der Waals surface area contributed by atoms with Gasteiger partial charge in [0, 0.05) is 0 Å². The fourth-order valence-corrected chi connectivity index (χ4v) is 2.01. The van der Waals surface area contributed by atoms with Crippen LogP contribution < -0.4 is 3.27 Å². The molecule has 0 nitrogen and oxygen atoms in total. The SMILES string of the molecule is [Bi][c]1ccc2ccccc2c1. The first-order valence-corrected chi connectivity index (χ1v) is 5.28. The van der Waals surface area contributed by atoms with E-state index in [9.17, 15) is 0 Å². The number of hydrogen-bond acceptors (Lipinski definition) is 0. The molecule has 0 aliphatic carbocycles. The third-order valence-corrected chi connectivity index (χ3v) is 2.81. The molecule has 0 saturated heterocycles. The Balaban J connectivity index is 2.83. The standard InChI is InChI=1S/C10H7.Bi/c1-2-6-10-8-4-3-7-9(10)5-1;/h1-3,5-8H;. The second kappa shape index (κ2) is 2.91. The minimum atomic E-state index is 1.34. The van der Waals surface area contributed by atoms with Crippen LogP contribution in [0.1, 0.15) is 0 Å². The molecule has 2 aromatic rings. The second-order valence-electron chi connectivity index (χ2n) is 2.53. The van der Waals surface area contributed by atoms with Crippen LogP contribution in [0.15, 0.2) is 42.5 Å². The molecule has 0 spiro atoms. The van der Waals surface area contributed by atoms with Crippen molar-refractivity contribution in [3.8, 4) is 0 Å². The molecule has 0 saturated carbocycles. The third kappa shape index (κ3) is 1.44. The predicted molar refractivity (Wildman–Crippen MR) is 49.3 cm³/mol. The second-order valence-corrected chi connectivity index (χ2v) is 4.54. The Morgan fingerprint density at radius 1 is 0.818 bits per heavy atom. The number of hydrogen-bond donors (Lipinski definition) is 0. The maximum atomic E-state index is 2.25. The van der Waals surface area contributed by atoms with E-state index in [1.807, 2.05) is 0 Å². The molecule has 0 amide bonds. The van der Waals surface area contributed by atoms with Crippen LogP contribution >= 0.6 is 0 Å². The summed E-state index contributed by atoms with van der Waals surface area (Å²) in [5, 5.41) is 2.69. The van der Waals surface area contributed by atoms with Crippen LogP contribution in [0, 0.1) is 0 Å². The first-order chi connectivity index (χ1) is 5.36. The first-order valence-electron chi connectivity index (χ1n) is 3.54. The quantitative estimate of drug-likeness (QED) is 0.642. The van der Waals surface area contributed by atoms with Crippen LogP contribution in [0.5, 0.6) is 0 Å². The van der Waals surface area contributed by atoms with Gasteiger partial charge in [-0.15, -0.1) is 0 Å². The van der Waals surface area contributed by atoms with Crippen molar-refractivity contribution in [2.24, 2.45) is 0 Å². The summed E-state index contributed by atoms with van der Waals surface area (Å²) in [7, 11) is 0. The average molecular weight is 336 g/mol. The summed E-state index contributed by atoms with van der Waals surface area (Å²) < 4.78 is 1.43. The van der Waals surface area contributed by atoms with Crippen molar-refractivity contribution in [3.63, 3.8) is 0 Å². The van der Waals surface area contributed by atoms with Gasteiger partial charge in [0.05, 0.1) is 0 Å². The molecule has 0 aliphatic heterocycles. The normalized spacial score (nSPS) is 10.3. The van der Waals surface area contributed by atoms with Gasteiger partial charge < -0.3 is 0 Å². The van der Waals surface area contributed by atoms with Gasteiger partial charge in [0.25, 0.3) is 0 Å². The summed E-state index contributed by atoms with van der Waals surface area (Å²) in [6.45, 7) is 0. The Bertz CT molecular complexity index is 379. The molecule has 11 heavy (non-hydrogen) atoms. The van der Waals surface area contributed by atoms with Crippen LogP contribution in [0.3, 0.4) is 0 Å². The Kier molecular flexibility index (Phi) is 1.91. The zero-order valence-electron chi connectivity index (χ0n) is 5.99. The Labute approximate surface area is 81.1 Å². The zero-order chi connectivity index (χ0) is 7.68. The van der Waals surface area contributed by atoms with Crippen molar-refractivity contribution in [2.75, 3.05) is 0 Å². The monoisotopic (exact) mass is 336 g/mol. The number of benzene rings is 2. The van der Waals surface area contributed by atoms with Crippen LogP contribution in [-0.4, -0.2) is 24.7 Å². The molecule has 0 bridgehead atoms. The molecule has 0 aromatic heterocycles. The molecule has 0 atom stereocenters. The van der Waals surface area contributed by atoms with Gasteiger partial charge >= 0.3 is 81.2 Å². The van der Waals surface area contributed by atoms with Gasteiger partial charge in [0.1, 0.15) is 0 Å². The van der Waals surface area contributed by atoms with Crippen molar-refractivity contribution >= 4 is 38.8 Å². The zero-order valence-corrected chi connectivity index (χ0v) is 9.47. The predicted octanol–water partition coefficient (Wildman–Crippen LogP) is 1.63. The molecule has 0 aliphatic rings. The van der Waals surface area contributed by atoms with Gasteiger partial charge in [-0.25, -0.2) is 0 Å². The van der Waals surface area contributed by atoms with E-state index in [-0.39, 0.29) is 0 Å². The van der Waals surface area contributed by atoms with Crippen LogP contribution in [0.4, 0.5) is 0 Å². The topological polar surface area (TPSA) is 0 Å². The Morgan fingerprint density at radius 2 is 1.55 bits per heavy atom. The minimum absolute atomic E-state index is 1.34. The third-order valence-electron chi connectivity index (χ3n) is 1.73. The van der Waals surface area contributed by atoms with Crippen LogP contribution in [-0.2, 0) is 0 Å². The summed E-state index contributed by atoms with van der Waals surface area (Å²) >= 11 is 1.34. The van der Waals surface area contributed by atoms with Crippen molar-refractivity contribution in [1.82, 2.24) is 0 Å². The molecule has 0 heterocycles. The van der Waals surface area contributed by atoms with E-state index in [0.717, 1.165) is 0 Å². The van der Waals surface area contributed by atoms with Gasteiger partial charge in [0.15, 0.2) is 0 Å². The van der Waals surface area contributed by atoms with Gasteiger partial charge in [-0.05, 0) is 0 Å². The Morgan fingerprint density at radius 3 is 2.36 bits per heavy atom. The van der Waals surface area contributed by atoms with E-state index >= 15 is 0 Å². The van der Waals surface area contributed by atoms with Crippen molar-refractivity contribution in [3.05, 3.63) is 42.5 Å². The average Bonchev–Trinajstić information content (AvgIpc) is 2.04. The molecule has 1 heteroatoms. The van der Waals surface area contributed by atoms with E-state index in [2.05, 4.69) is 42.5 Å². The van der Waals surface area contributed by atoms with Gasteiger partial charge in [-0.1, -0.05) is 0 Å². The molecule has 52 valence electrons. The van der Waals surface area contributed by atoms with E-state index < -0.39 is 0 Å². The van der Waals surface area contributed by atoms with E-state index in [1.54, 1.807) is 0 Å². The summed E-state index contributed by atoms with van der Waals surface area (Å²) in [4.78, 5) is 0. The fourth-order valence-electron chi connectivity index (χ4n) is 1.18. The molecular formula is C10H7Bi. The molecule has 2 aromatic carbocycles. The molecule has 0 fully saturated rings. The maximum absolute atomic E-state index is 2.25. The van der Waals surface area contributed by atoms with Gasteiger partial charge in [-0.2, -0.15) is 0 Å². The molecule has 2 radical (unpaired) electrons. The van der Waals surface area contributed by atoms with Crippen LogP contribution in [0.2, 0.25) is 0 Å². The summed E-state index contributed by atoms with van der Waals surface area (Å²) in [6.07, 6.45) is 0. The van der Waals surface area contributed by atoms with Crippen molar-refractivity contribution in [2.45, 2.75) is 0 Å². The Hall–Kier alpha value is -0.417. The van der Waals surface area contributed by atoms with Crippen molar-refractivity contribution in [1.29, 1.82) is 0 Å². The molecule has 2 rings (SSSR count). The van der Waals surface area contributed by atoms with Crippen LogP contribution in [0.25, 0.3) is 10.8 Å². The first kappa shape index (κ1) is 7.24. The van der Waals surface area contributed by atoms with Gasteiger partial charge in [0.2, 0.25) is 0 Å². The molecule has 0 N–H and O–H groups in total. The molecular weight excluding hydrogens is 329 g/mol. The number of fused-ring (bicyclic) bond motifs is 1. The fraction of sp³-hybridized carbons (Fsp3) is 0. The molecule has 0 unspecified atom stereocenters. The van der Waals surface area contributed by atoms with Gasteiger partial charge in [-0.3, -0.25) is 0 Å². The summed E-state index contributed by atoms with van der Waals surface area (Å²) in [5.74, 6) is 0. The van der Waals surface area contributed by atoms with E-state index in [4.69, 9.17) is 0 Å².